The molecule has 0 unspecified atom stereocenters. The molecule has 0 saturated carbocycles. The van der Waals surface area contributed by atoms with Crippen molar-refractivity contribution < 1.29 is 9.53 Å². The summed E-state index contributed by atoms with van der Waals surface area (Å²) in [6.45, 7) is 6.52. The highest BCUT2D eigenvalue weighted by molar-refractivity contribution is 7.22. The molecule has 3 heterocycles. The lowest BCUT2D eigenvalue weighted by atomic mass is 10.2. The third-order valence-corrected chi connectivity index (χ3v) is 7.78. The van der Waals surface area contributed by atoms with Gasteiger partial charge in [-0.2, -0.15) is 0 Å². The number of rotatable bonds is 5. The summed E-state index contributed by atoms with van der Waals surface area (Å²) in [5.41, 5.74) is 5.15. The maximum atomic E-state index is 13.6. The second kappa shape index (κ2) is 8.80. The fourth-order valence-electron chi connectivity index (χ4n) is 3.70. The van der Waals surface area contributed by atoms with E-state index >= 15 is 0 Å². The summed E-state index contributed by atoms with van der Waals surface area (Å²) in [7, 11) is 0. The lowest BCUT2D eigenvalue weighted by Crippen LogP contribution is -2.43. The Morgan fingerprint density at radius 1 is 1.23 bits per heavy atom. The van der Waals surface area contributed by atoms with E-state index in [1.165, 1.54) is 22.7 Å². The number of carbonyl (C=O) groups is 1. The highest BCUT2D eigenvalue weighted by Gasteiger charge is 2.24. The number of hydrogen-bond donors (Lipinski definition) is 0. The Hall–Kier alpha value is -2.10. The summed E-state index contributed by atoms with van der Waals surface area (Å²) in [6.07, 6.45) is 0. The Morgan fingerprint density at radius 2 is 2.06 bits per heavy atom. The molecule has 1 saturated heterocycles. The normalized spacial score (nSPS) is 15.0. The minimum Gasteiger partial charge on any atom is -0.379 e. The number of halogens is 1. The summed E-state index contributed by atoms with van der Waals surface area (Å²) in [5, 5.41) is 1.38. The first-order chi connectivity index (χ1) is 15.1. The van der Waals surface area contributed by atoms with Crippen LogP contribution in [0, 0.1) is 6.92 Å². The van der Waals surface area contributed by atoms with Crippen molar-refractivity contribution in [2.45, 2.75) is 6.92 Å². The van der Waals surface area contributed by atoms with Crippen LogP contribution in [0.3, 0.4) is 0 Å². The quantitative estimate of drug-likeness (QED) is 0.415. The molecule has 160 valence electrons. The molecular formula is C22H21ClN4O2S2. The Labute approximate surface area is 193 Å². The fraction of sp³-hybridized carbons (Fsp3) is 0.318. The molecule has 5 rings (SSSR count). The fourth-order valence-corrected chi connectivity index (χ4v) is 5.62. The molecule has 0 radical (unpaired) electrons. The van der Waals surface area contributed by atoms with Gasteiger partial charge in [0.05, 0.1) is 39.2 Å². The highest BCUT2D eigenvalue weighted by atomic mass is 35.5. The molecule has 4 aromatic rings. The SMILES string of the molecule is Cc1c(Cl)ccc2sc(N(CCN3CCOCC3)C(=O)c3ccc4ncsc4c3)nc12. The van der Waals surface area contributed by atoms with Crippen molar-refractivity contribution >= 4 is 65.7 Å². The number of aryl methyl sites for hydroxylation is 1. The molecule has 1 amide bonds. The van der Waals surface area contributed by atoms with Gasteiger partial charge in [-0.25, -0.2) is 9.97 Å². The largest absolute Gasteiger partial charge is 0.379 e. The van der Waals surface area contributed by atoms with Gasteiger partial charge in [0.25, 0.3) is 5.91 Å². The number of anilines is 1. The second-order valence-electron chi connectivity index (χ2n) is 7.46. The zero-order chi connectivity index (χ0) is 21.4. The lowest BCUT2D eigenvalue weighted by Gasteiger charge is -2.29. The van der Waals surface area contributed by atoms with Crippen LogP contribution in [0.4, 0.5) is 5.13 Å². The topological polar surface area (TPSA) is 58.6 Å². The first kappa shape index (κ1) is 20.8. The van der Waals surface area contributed by atoms with E-state index in [-0.39, 0.29) is 5.91 Å². The van der Waals surface area contributed by atoms with Crippen molar-refractivity contribution in [2.75, 3.05) is 44.3 Å². The number of carbonyl (C=O) groups excluding carboxylic acids is 1. The van der Waals surface area contributed by atoms with Gasteiger partial charge in [-0.05, 0) is 42.8 Å². The summed E-state index contributed by atoms with van der Waals surface area (Å²) >= 11 is 9.37. The van der Waals surface area contributed by atoms with Gasteiger partial charge in [0.2, 0.25) is 0 Å². The number of hydrogen-bond acceptors (Lipinski definition) is 7. The number of fused-ring (bicyclic) bond motifs is 2. The smallest absolute Gasteiger partial charge is 0.260 e. The van der Waals surface area contributed by atoms with Gasteiger partial charge in [0.1, 0.15) is 0 Å². The van der Waals surface area contributed by atoms with Gasteiger partial charge in [0.15, 0.2) is 5.13 Å². The van der Waals surface area contributed by atoms with Crippen molar-refractivity contribution in [3.8, 4) is 0 Å². The predicted octanol–water partition coefficient (Wildman–Crippen LogP) is 4.85. The first-order valence-corrected chi connectivity index (χ1v) is 12.2. The van der Waals surface area contributed by atoms with Crippen molar-refractivity contribution in [1.29, 1.82) is 0 Å². The average molecular weight is 473 g/mol. The molecule has 1 fully saturated rings. The number of ether oxygens (including phenoxy) is 1. The molecule has 9 heteroatoms. The third kappa shape index (κ3) is 4.18. The van der Waals surface area contributed by atoms with Gasteiger partial charge < -0.3 is 4.74 Å². The van der Waals surface area contributed by atoms with Gasteiger partial charge >= 0.3 is 0 Å². The number of nitrogens with zero attached hydrogens (tertiary/aromatic N) is 4. The van der Waals surface area contributed by atoms with E-state index in [0.717, 1.165) is 58.8 Å². The lowest BCUT2D eigenvalue weighted by molar-refractivity contribution is 0.0391. The Bertz CT molecular complexity index is 1250. The predicted molar refractivity (Wildman–Crippen MR) is 128 cm³/mol. The molecule has 0 aliphatic carbocycles. The van der Waals surface area contributed by atoms with Crippen LogP contribution >= 0.6 is 34.3 Å². The standard InChI is InChI=1S/C22H21ClN4O2S2/c1-14-16(23)3-5-18-20(14)25-22(31-18)27(7-6-26-8-10-29-11-9-26)21(28)15-2-4-17-19(12-15)30-13-24-17/h2-5,12-13H,6-11H2,1H3. The van der Waals surface area contributed by atoms with Crippen LogP contribution in [0.25, 0.3) is 20.4 Å². The minimum absolute atomic E-state index is 0.0497. The molecule has 0 atom stereocenters. The van der Waals surface area contributed by atoms with Gasteiger partial charge in [0, 0.05) is 36.8 Å². The average Bonchev–Trinajstić information content (AvgIpc) is 3.44. The van der Waals surface area contributed by atoms with Crippen molar-refractivity contribution in [3.05, 3.63) is 52.0 Å². The van der Waals surface area contributed by atoms with E-state index in [4.69, 9.17) is 21.3 Å². The summed E-state index contributed by atoms with van der Waals surface area (Å²) in [4.78, 5) is 26.9. The second-order valence-corrected chi connectivity index (χ2v) is 9.76. The molecular weight excluding hydrogens is 452 g/mol. The van der Waals surface area contributed by atoms with Crippen LogP contribution in [0.5, 0.6) is 0 Å². The van der Waals surface area contributed by atoms with Crippen molar-refractivity contribution in [1.82, 2.24) is 14.9 Å². The molecule has 0 bridgehead atoms. The van der Waals surface area contributed by atoms with Crippen LogP contribution in [-0.4, -0.2) is 60.2 Å². The van der Waals surface area contributed by atoms with Crippen LogP contribution in [0.1, 0.15) is 15.9 Å². The number of benzene rings is 2. The first-order valence-electron chi connectivity index (χ1n) is 10.1. The molecule has 6 nitrogen and oxygen atoms in total. The zero-order valence-corrected chi connectivity index (χ0v) is 19.4. The molecule has 1 aliphatic rings. The molecule has 2 aromatic carbocycles. The van der Waals surface area contributed by atoms with E-state index in [1.54, 1.807) is 10.4 Å². The summed E-state index contributed by atoms with van der Waals surface area (Å²) in [5.74, 6) is -0.0497. The van der Waals surface area contributed by atoms with E-state index < -0.39 is 0 Å². The highest BCUT2D eigenvalue weighted by Crippen LogP contribution is 2.34. The molecule has 2 aromatic heterocycles. The maximum absolute atomic E-state index is 13.6. The van der Waals surface area contributed by atoms with Crippen molar-refractivity contribution in [3.63, 3.8) is 0 Å². The Kier molecular flexibility index (Phi) is 5.90. The maximum Gasteiger partial charge on any atom is 0.260 e. The van der Waals surface area contributed by atoms with E-state index in [9.17, 15) is 4.79 Å². The van der Waals surface area contributed by atoms with Gasteiger partial charge in [-0.3, -0.25) is 14.6 Å². The van der Waals surface area contributed by atoms with Crippen LogP contribution in [-0.2, 0) is 4.74 Å². The third-order valence-electron chi connectivity index (χ3n) is 5.53. The molecule has 31 heavy (non-hydrogen) atoms. The van der Waals surface area contributed by atoms with E-state index in [2.05, 4.69) is 9.88 Å². The van der Waals surface area contributed by atoms with E-state index in [1.807, 2.05) is 37.3 Å². The number of aromatic nitrogens is 2. The summed E-state index contributed by atoms with van der Waals surface area (Å²) < 4.78 is 7.49. The summed E-state index contributed by atoms with van der Waals surface area (Å²) in [6, 6.07) is 9.54. The molecule has 1 aliphatic heterocycles. The Morgan fingerprint density at radius 3 is 2.90 bits per heavy atom. The number of morpholine rings is 1. The zero-order valence-electron chi connectivity index (χ0n) is 17.0. The van der Waals surface area contributed by atoms with Gasteiger partial charge in [-0.15, -0.1) is 11.3 Å². The van der Waals surface area contributed by atoms with Crippen LogP contribution in [0.2, 0.25) is 5.02 Å². The minimum atomic E-state index is -0.0497. The Balaban J connectivity index is 1.50. The number of amides is 1. The van der Waals surface area contributed by atoms with Crippen LogP contribution < -0.4 is 4.90 Å². The van der Waals surface area contributed by atoms with E-state index in [0.29, 0.717) is 22.3 Å². The van der Waals surface area contributed by atoms with Gasteiger partial charge in [-0.1, -0.05) is 22.9 Å². The molecule has 0 spiro atoms. The van der Waals surface area contributed by atoms with Crippen molar-refractivity contribution in [2.24, 2.45) is 0 Å². The monoisotopic (exact) mass is 472 g/mol. The molecule has 0 N–H and O–H groups in total. The number of thiazole rings is 2. The van der Waals surface area contributed by atoms with Crippen LogP contribution in [0.15, 0.2) is 35.8 Å².